The third-order valence-corrected chi connectivity index (χ3v) is 3.30. The van der Waals surface area contributed by atoms with Crippen LogP contribution in [0.4, 0.5) is 0 Å². The van der Waals surface area contributed by atoms with Gasteiger partial charge in [0.05, 0.1) is 0 Å². The summed E-state index contributed by atoms with van der Waals surface area (Å²) in [5.41, 5.74) is 0. The summed E-state index contributed by atoms with van der Waals surface area (Å²) in [4.78, 5) is 10.3. The van der Waals surface area contributed by atoms with Crippen LogP contribution < -0.4 is 0 Å². The van der Waals surface area contributed by atoms with Gasteiger partial charge in [0.15, 0.2) is 0 Å². The van der Waals surface area contributed by atoms with Crippen molar-refractivity contribution in [1.82, 2.24) is 0 Å². The Kier molecular flexibility index (Phi) is 17.1. The van der Waals surface area contributed by atoms with Gasteiger partial charge in [-0.3, -0.25) is 4.79 Å². The van der Waals surface area contributed by atoms with Gasteiger partial charge in [0.1, 0.15) is 0 Å². The Morgan fingerprint density at radius 3 is 2.04 bits per heavy atom. The van der Waals surface area contributed by atoms with Gasteiger partial charge in [-0.05, 0) is 44.9 Å². The van der Waals surface area contributed by atoms with Crippen molar-refractivity contribution < 1.29 is 15.0 Å². The first-order chi connectivity index (χ1) is 11.3. The van der Waals surface area contributed by atoms with Crippen LogP contribution in [0.15, 0.2) is 48.6 Å². The van der Waals surface area contributed by atoms with E-state index in [1.807, 2.05) is 6.08 Å². The van der Waals surface area contributed by atoms with Crippen molar-refractivity contribution in [3.8, 4) is 0 Å². The second-order valence-electron chi connectivity index (χ2n) is 5.48. The van der Waals surface area contributed by atoms with Crippen molar-refractivity contribution in [1.29, 1.82) is 0 Å². The van der Waals surface area contributed by atoms with Crippen LogP contribution in [-0.4, -0.2) is 22.8 Å². The van der Waals surface area contributed by atoms with E-state index in [0.717, 1.165) is 38.5 Å². The minimum Gasteiger partial charge on any atom is -0.481 e. The van der Waals surface area contributed by atoms with Crippen LogP contribution in [0.2, 0.25) is 0 Å². The zero-order valence-corrected chi connectivity index (χ0v) is 14.2. The first-order valence-corrected chi connectivity index (χ1v) is 8.71. The minimum absolute atomic E-state index is 0.251. The molecule has 2 N–H and O–H groups in total. The Hall–Kier alpha value is -1.61. The largest absolute Gasteiger partial charge is 0.481 e. The lowest BCUT2D eigenvalue weighted by Crippen LogP contribution is -1.92. The number of unbranched alkanes of at least 4 members (excludes halogenated alkanes) is 5. The molecule has 130 valence electrons. The maximum Gasteiger partial charge on any atom is 0.303 e. The van der Waals surface area contributed by atoms with Gasteiger partial charge < -0.3 is 10.2 Å². The third kappa shape index (κ3) is 20.4. The highest BCUT2D eigenvalue weighted by Crippen LogP contribution is 2.03. The summed E-state index contributed by atoms with van der Waals surface area (Å²) in [6.45, 7) is 0.312. The van der Waals surface area contributed by atoms with Gasteiger partial charge >= 0.3 is 5.97 Å². The molecule has 0 spiro atoms. The SMILES string of the molecule is O=C(O)CCCC=CCC=CCC=CC=CCCCCCCO. The normalized spacial score (nSPS) is 12.4. The van der Waals surface area contributed by atoms with Crippen LogP contribution >= 0.6 is 0 Å². The average molecular weight is 320 g/mol. The van der Waals surface area contributed by atoms with Crippen molar-refractivity contribution in [2.75, 3.05) is 6.61 Å². The number of carboxylic acid groups (broad SMARTS) is 1. The molecule has 3 nitrogen and oxygen atoms in total. The van der Waals surface area contributed by atoms with Gasteiger partial charge in [0.25, 0.3) is 0 Å². The van der Waals surface area contributed by atoms with E-state index in [9.17, 15) is 4.79 Å². The summed E-state index contributed by atoms with van der Waals surface area (Å²) in [5, 5.41) is 17.2. The zero-order chi connectivity index (χ0) is 17.0. The van der Waals surface area contributed by atoms with Crippen LogP contribution in [0.5, 0.6) is 0 Å². The molecule has 0 aliphatic rings. The molecule has 0 aliphatic heterocycles. The second kappa shape index (κ2) is 18.4. The first kappa shape index (κ1) is 21.4. The highest BCUT2D eigenvalue weighted by Gasteiger charge is 1.92. The summed E-state index contributed by atoms with van der Waals surface area (Å²) < 4.78 is 0. The van der Waals surface area contributed by atoms with E-state index >= 15 is 0 Å². The van der Waals surface area contributed by atoms with E-state index in [4.69, 9.17) is 10.2 Å². The summed E-state index contributed by atoms with van der Waals surface area (Å²) >= 11 is 0. The predicted octanol–water partition coefficient (Wildman–Crippen LogP) is 5.19. The van der Waals surface area contributed by atoms with Gasteiger partial charge in [-0.15, -0.1) is 0 Å². The number of aliphatic hydroxyl groups is 1. The molecule has 0 saturated heterocycles. The molecular weight excluding hydrogens is 288 g/mol. The molecule has 0 rings (SSSR count). The fourth-order valence-electron chi connectivity index (χ4n) is 1.99. The number of hydrogen-bond acceptors (Lipinski definition) is 2. The van der Waals surface area contributed by atoms with Crippen LogP contribution in [0.1, 0.15) is 64.2 Å². The average Bonchev–Trinajstić information content (AvgIpc) is 2.53. The Labute approximate surface area is 141 Å². The van der Waals surface area contributed by atoms with E-state index in [-0.39, 0.29) is 6.42 Å². The van der Waals surface area contributed by atoms with E-state index in [1.165, 1.54) is 12.8 Å². The molecule has 0 aliphatic carbocycles. The molecule has 0 heterocycles. The molecule has 0 aromatic rings. The quantitative estimate of drug-likeness (QED) is 0.248. The third-order valence-electron chi connectivity index (χ3n) is 3.30. The van der Waals surface area contributed by atoms with Crippen molar-refractivity contribution >= 4 is 5.97 Å². The number of aliphatic carboxylic acids is 1. The van der Waals surface area contributed by atoms with E-state index in [2.05, 4.69) is 42.5 Å². The number of carbonyl (C=O) groups is 1. The molecule has 0 saturated carbocycles. The molecule has 0 atom stereocenters. The van der Waals surface area contributed by atoms with Gasteiger partial charge in [0.2, 0.25) is 0 Å². The van der Waals surface area contributed by atoms with Crippen LogP contribution in [0.25, 0.3) is 0 Å². The summed E-state index contributed by atoms with van der Waals surface area (Å²) in [6, 6.07) is 0. The van der Waals surface area contributed by atoms with Gasteiger partial charge in [-0.1, -0.05) is 61.4 Å². The van der Waals surface area contributed by atoms with Crippen LogP contribution in [0.3, 0.4) is 0 Å². The lowest BCUT2D eigenvalue weighted by atomic mass is 10.1. The predicted molar refractivity (Wildman–Crippen MR) is 97.5 cm³/mol. The van der Waals surface area contributed by atoms with E-state index in [0.29, 0.717) is 13.0 Å². The molecule has 23 heavy (non-hydrogen) atoms. The highest BCUT2D eigenvalue weighted by atomic mass is 16.4. The first-order valence-electron chi connectivity index (χ1n) is 8.71. The molecular formula is C20H32O3. The molecule has 0 unspecified atom stereocenters. The number of allylic oxidation sites excluding steroid dienone is 8. The summed E-state index contributed by atoms with van der Waals surface area (Å²) in [6.07, 6.45) is 26.1. The van der Waals surface area contributed by atoms with Crippen molar-refractivity contribution in [3.05, 3.63) is 48.6 Å². The summed E-state index contributed by atoms with van der Waals surface area (Å²) in [7, 11) is 0. The van der Waals surface area contributed by atoms with Crippen molar-refractivity contribution in [3.63, 3.8) is 0 Å². The lowest BCUT2D eigenvalue weighted by molar-refractivity contribution is -0.137. The molecule has 0 bridgehead atoms. The Morgan fingerprint density at radius 2 is 1.30 bits per heavy atom. The minimum atomic E-state index is -0.721. The van der Waals surface area contributed by atoms with Gasteiger partial charge in [-0.25, -0.2) is 0 Å². The van der Waals surface area contributed by atoms with Gasteiger partial charge in [-0.2, -0.15) is 0 Å². The summed E-state index contributed by atoms with van der Waals surface area (Å²) in [5.74, 6) is -0.721. The monoisotopic (exact) mass is 320 g/mol. The van der Waals surface area contributed by atoms with Crippen LogP contribution in [-0.2, 0) is 4.79 Å². The highest BCUT2D eigenvalue weighted by molar-refractivity contribution is 5.66. The molecule has 0 radical (unpaired) electrons. The number of hydrogen-bond donors (Lipinski definition) is 2. The number of rotatable bonds is 15. The Morgan fingerprint density at radius 1 is 0.696 bits per heavy atom. The Balaban J connectivity index is 3.41. The number of carboxylic acids is 1. The fourth-order valence-corrected chi connectivity index (χ4v) is 1.99. The van der Waals surface area contributed by atoms with E-state index < -0.39 is 5.97 Å². The van der Waals surface area contributed by atoms with Crippen molar-refractivity contribution in [2.24, 2.45) is 0 Å². The van der Waals surface area contributed by atoms with Crippen LogP contribution in [0, 0.1) is 0 Å². The van der Waals surface area contributed by atoms with E-state index in [1.54, 1.807) is 0 Å². The number of aliphatic hydroxyl groups excluding tert-OH is 1. The molecule has 0 aromatic heterocycles. The smallest absolute Gasteiger partial charge is 0.303 e. The maximum absolute atomic E-state index is 10.3. The fraction of sp³-hybridized carbons (Fsp3) is 0.550. The van der Waals surface area contributed by atoms with Crippen molar-refractivity contribution in [2.45, 2.75) is 64.2 Å². The zero-order valence-electron chi connectivity index (χ0n) is 14.2. The van der Waals surface area contributed by atoms with Gasteiger partial charge in [0, 0.05) is 13.0 Å². The molecule has 3 heteroatoms. The molecule has 0 amide bonds. The lowest BCUT2D eigenvalue weighted by Gasteiger charge is -1.95. The standard InChI is InChI=1S/C20H32O3/c21-19-17-15-13-11-9-7-5-3-1-2-4-6-8-10-12-14-16-18-20(22)23/h1,3-7,10,12,21H,2,8-9,11,13-19H2,(H,22,23). The maximum atomic E-state index is 10.3. The topological polar surface area (TPSA) is 57.5 Å². The second-order valence-corrected chi connectivity index (χ2v) is 5.48. The Bertz CT molecular complexity index is 378. The molecule has 0 aromatic carbocycles. The molecule has 0 fully saturated rings.